The van der Waals surface area contributed by atoms with Gasteiger partial charge in [-0.15, -0.1) is 0 Å². The van der Waals surface area contributed by atoms with Crippen LogP contribution in [0, 0.1) is 5.92 Å². The molecule has 0 heterocycles. The van der Waals surface area contributed by atoms with Gasteiger partial charge < -0.3 is 29.2 Å². The monoisotopic (exact) mass is 938 g/mol. The molecule has 1 aliphatic rings. The normalized spacial score (nSPS) is 14.0. The van der Waals surface area contributed by atoms with Crippen LogP contribution in [0.2, 0.25) is 20.1 Å². The van der Waals surface area contributed by atoms with E-state index in [2.05, 4.69) is 6.58 Å². The molecule has 0 amide bonds. The van der Waals surface area contributed by atoms with Gasteiger partial charge in [-0.25, -0.2) is 9.59 Å². The minimum absolute atomic E-state index is 0.0198. The highest BCUT2D eigenvalue weighted by molar-refractivity contribution is 6.45. The number of rotatable bonds is 27. The van der Waals surface area contributed by atoms with Gasteiger partial charge in [0.15, 0.2) is 23.0 Å². The Morgan fingerprint density at radius 3 is 1.56 bits per heavy atom. The summed E-state index contributed by atoms with van der Waals surface area (Å²) in [5.41, 5.74) is 0.434. The molecule has 1 fully saturated rings. The molecule has 2 aromatic carbocycles. The summed E-state index contributed by atoms with van der Waals surface area (Å²) in [6.45, 7) is 12.6. The maximum Gasteiger partial charge on any atom is 0.349 e. The summed E-state index contributed by atoms with van der Waals surface area (Å²) in [4.78, 5) is 27.7. The molecular weight excluding hydrogens is 870 g/mol. The third kappa shape index (κ3) is 16.2. The molecular formula is C50H70Cl4O8. The van der Waals surface area contributed by atoms with Crippen LogP contribution < -0.4 is 9.47 Å². The molecule has 2 aromatic rings. The Hall–Kier alpha value is -3.04. The SMILES string of the molecule is C=CC(=CC=C(CCCCCCC1CCCCCCC1)OC(=O)c1c(O)c(OCCCC)c(CCCC)c(Cl)c1Cl)OC(=O)c1c(O)c(OCCCC)c(CCCC)c(Cl)c1Cl. The number of ether oxygens (including phenoxy) is 4. The Labute approximate surface area is 391 Å². The lowest BCUT2D eigenvalue weighted by molar-refractivity contribution is 0.0601. The number of carbonyl (C=O) groups is 2. The molecule has 0 saturated heterocycles. The van der Waals surface area contributed by atoms with Crippen molar-refractivity contribution < 1.29 is 38.7 Å². The molecule has 346 valence electrons. The van der Waals surface area contributed by atoms with Crippen molar-refractivity contribution in [2.24, 2.45) is 5.92 Å². The molecule has 0 unspecified atom stereocenters. The third-order valence-corrected chi connectivity index (χ3v) is 13.1. The number of unbranched alkanes of at least 4 members (excludes halogenated alkanes) is 7. The zero-order chi connectivity index (χ0) is 45.4. The van der Waals surface area contributed by atoms with Crippen LogP contribution in [0.3, 0.4) is 0 Å². The van der Waals surface area contributed by atoms with Gasteiger partial charge in [-0.3, -0.25) is 0 Å². The largest absolute Gasteiger partial charge is 0.504 e. The van der Waals surface area contributed by atoms with Gasteiger partial charge >= 0.3 is 11.9 Å². The zero-order valence-corrected chi connectivity index (χ0v) is 40.6. The molecule has 0 bridgehead atoms. The second-order valence-electron chi connectivity index (χ2n) is 16.3. The standard InChI is InChI=1S/C50H70Cl4O8/c1-6-11-28-37-41(51)43(53)39(45(55)47(37)59-32-13-8-3)49(57)61-35(10-5)30-31-36(27-23-19-18-22-26-34-24-20-16-15-17-21-25-34)62-50(58)40-44(54)42(52)38(29-12-7-2)48(46(40)56)60-33-14-9-4/h10,30-31,34,55-56H,5-9,11-29,32-33H2,1-4H3. The Balaban J connectivity index is 1.95. The van der Waals surface area contributed by atoms with Gasteiger partial charge in [-0.1, -0.05) is 177 Å². The molecule has 0 radical (unpaired) electrons. The number of hydrogen-bond donors (Lipinski definition) is 2. The lowest BCUT2D eigenvalue weighted by atomic mass is 9.87. The van der Waals surface area contributed by atoms with E-state index >= 15 is 0 Å². The second-order valence-corrected chi connectivity index (χ2v) is 17.8. The van der Waals surface area contributed by atoms with Crippen molar-refractivity contribution in [3.63, 3.8) is 0 Å². The van der Waals surface area contributed by atoms with E-state index in [9.17, 15) is 19.8 Å². The summed E-state index contributed by atoms with van der Waals surface area (Å²) >= 11 is 26.8. The number of phenols is 2. The quantitative estimate of drug-likeness (QED) is 0.0394. The Bertz CT molecular complexity index is 1810. The molecule has 3 rings (SSSR count). The first-order valence-electron chi connectivity index (χ1n) is 23.1. The van der Waals surface area contributed by atoms with Crippen molar-refractivity contribution >= 4 is 58.3 Å². The van der Waals surface area contributed by atoms with Crippen molar-refractivity contribution in [1.29, 1.82) is 0 Å². The van der Waals surface area contributed by atoms with E-state index < -0.39 is 23.4 Å². The first-order chi connectivity index (χ1) is 29.9. The van der Waals surface area contributed by atoms with Crippen LogP contribution in [0.4, 0.5) is 0 Å². The van der Waals surface area contributed by atoms with E-state index in [1.54, 1.807) is 0 Å². The first-order valence-corrected chi connectivity index (χ1v) is 24.6. The minimum atomic E-state index is -0.982. The van der Waals surface area contributed by atoms with E-state index in [1.807, 2.05) is 27.7 Å². The molecule has 8 nitrogen and oxygen atoms in total. The number of aromatic hydroxyl groups is 2. The summed E-state index contributed by atoms with van der Waals surface area (Å²) in [7, 11) is 0. The molecule has 0 aromatic heterocycles. The molecule has 2 N–H and O–H groups in total. The molecule has 62 heavy (non-hydrogen) atoms. The van der Waals surface area contributed by atoms with Crippen LogP contribution in [-0.2, 0) is 22.3 Å². The van der Waals surface area contributed by atoms with Crippen molar-refractivity contribution in [2.75, 3.05) is 13.2 Å². The number of phenolic OH excluding ortho intramolecular Hbond substituents is 2. The van der Waals surface area contributed by atoms with E-state index in [4.69, 9.17) is 65.4 Å². The highest BCUT2D eigenvalue weighted by Gasteiger charge is 2.30. The average Bonchev–Trinajstić information content (AvgIpc) is 3.24. The van der Waals surface area contributed by atoms with Gasteiger partial charge in [0.25, 0.3) is 0 Å². The Morgan fingerprint density at radius 2 is 1.08 bits per heavy atom. The Kier molecular flexibility index (Phi) is 25.3. The topological polar surface area (TPSA) is 112 Å². The number of halogens is 4. The lowest BCUT2D eigenvalue weighted by Crippen LogP contribution is -2.11. The van der Waals surface area contributed by atoms with E-state index in [-0.39, 0.29) is 54.2 Å². The number of carbonyl (C=O) groups excluding carboxylic acids is 2. The van der Waals surface area contributed by atoms with Crippen molar-refractivity contribution in [2.45, 2.75) is 175 Å². The first kappa shape index (κ1) is 53.3. The summed E-state index contributed by atoms with van der Waals surface area (Å²) in [6, 6.07) is 0. The maximum atomic E-state index is 14.0. The van der Waals surface area contributed by atoms with Crippen LogP contribution in [0.1, 0.15) is 194 Å². The summed E-state index contributed by atoms with van der Waals surface area (Å²) in [5.74, 6) is -1.54. The molecule has 1 saturated carbocycles. The number of benzene rings is 2. The number of esters is 2. The van der Waals surface area contributed by atoms with Gasteiger partial charge in [0.1, 0.15) is 22.6 Å². The summed E-state index contributed by atoms with van der Waals surface area (Å²) < 4.78 is 23.7. The fraction of sp³-hybridized carbons (Fsp3) is 0.600. The smallest absolute Gasteiger partial charge is 0.349 e. The van der Waals surface area contributed by atoms with E-state index in [0.29, 0.717) is 50.0 Å². The Morgan fingerprint density at radius 1 is 0.613 bits per heavy atom. The van der Waals surface area contributed by atoms with E-state index in [0.717, 1.165) is 76.5 Å². The number of hydrogen-bond acceptors (Lipinski definition) is 8. The van der Waals surface area contributed by atoms with Gasteiger partial charge in [-0.2, -0.15) is 0 Å². The minimum Gasteiger partial charge on any atom is -0.504 e. The van der Waals surface area contributed by atoms with Crippen LogP contribution >= 0.6 is 46.4 Å². The fourth-order valence-electron chi connectivity index (χ4n) is 7.61. The van der Waals surface area contributed by atoms with Crippen LogP contribution in [0.25, 0.3) is 0 Å². The fourth-order valence-corrected chi connectivity index (χ4v) is 8.72. The molecule has 0 spiro atoms. The molecule has 12 heteroatoms. The zero-order valence-electron chi connectivity index (χ0n) is 37.5. The predicted octanol–water partition coefficient (Wildman–Crippen LogP) is 16.4. The molecule has 0 atom stereocenters. The third-order valence-electron chi connectivity index (χ3n) is 11.3. The van der Waals surface area contributed by atoms with Crippen LogP contribution in [0.5, 0.6) is 23.0 Å². The number of allylic oxidation sites excluding steroid dienone is 4. The lowest BCUT2D eigenvalue weighted by Gasteiger charge is -2.19. The van der Waals surface area contributed by atoms with Gasteiger partial charge in [0.2, 0.25) is 0 Å². The predicted molar refractivity (Wildman–Crippen MR) is 255 cm³/mol. The van der Waals surface area contributed by atoms with Crippen molar-refractivity contribution in [3.05, 3.63) is 78.7 Å². The van der Waals surface area contributed by atoms with Crippen LogP contribution in [-0.4, -0.2) is 35.4 Å². The average molecular weight is 941 g/mol. The molecule has 1 aliphatic carbocycles. The molecule has 0 aliphatic heterocycles. The highest BCUT2D eigenvalue weighted by Crippen LogP contribution is 2.47. The van der Waals surface area contributed by atoms with Crippen molar-refractivity contribution in [3.8, 4) is 23.0 Å². The van der Waals surface area contributed by atoms with Crippen LogP contribution in [0.15, 0.2) is 36.3 Å². The van der Waals surface area contributed by atoms with E-state index in [1.165, 1.54) is 69.6 Å². The maximum absolute atomic E-state index is 14.0. The summed E-state index contributed by atoms with van der Waals surface area (Å²) in [5, 5.41) is 22.9. The van der Waals surface area contributed by atoms with Gasteiger partial charge in [0, 0.05) is 17.5 Å². The second kappa shape index (κ2) is 29.4. The van der Waals surface area contributed by atoms with Crippen molar-refractivity contribution in [1.82, 2.24) is 0 Å². The summed E-state index contributed by atoms with van der Waals surface area (Å²) in [6.07, 6.45) is 26.4. The van der Waals surface area contributed by atoms with Gasteiger partial charge in [0.05, 0.1) is 33.3 Å². The van der Waals surface area contributed by atoms with Gasteiger partial charge in [-0.05, 0) is 69.1 Å². The highest BCUT2D eigenvalue weighted by atomic mass is 35.5.